The molecule has 3 aromatic rings. The third kappa shape index (κ3) is 5.41. The lowest BCUT2D eigenvalue weighted by Crippen LogP contribution is -2.33. The zero-order chi connectivity index (χ0) is 24.4. The van der Waals surface area contributed by atoms with E-state index < -0.39 is 40.5 Å². The van der Waals surface area contributed by atoms with Gasteiger partial charge >= 0.3 is 12.4 Å². The standard InChI is InChI=1S/C22H17F6N3O2/c1-13-12-18(32)19(30-31(13)17-9-5-4-8-16(17)22(26,27)28)20(33)29-11-10-14-6-2-3-7-15(14)21(23,24)25/h2-9,12H,10-11H2,1H3,(H,29,33). The zero-order valence-electron chi connectivity index (χ0n) is 17.1. The Kier molecular flexibility index (Phi) is 6.61. The van der Waals surface area contributed by atoms with Gasteiger partial charge in [-0.25, -0.2) is 4.68 Å². The molecule has 0 aliphatic rings. The van der Waals surface area contributed by atoms with Gasteiger partial charge in [0.15, 0.2) is 5.69 Å². The van der Waals surface area contributed by atoms with Crippen LogP contribution in [-0.2, 0) is 18.8 Å². The molecule has 33 heavy (non-hydrogen) atoms. The first kappa shape index (κ1) is 24.0. The number of para-hydroxylation sites is 1. The van der Waals surface area contributed by atoms with Gasteiger partial charge in [-0.1, -0.05) is 30.3 Å². The van der Waals surface area contributed by atoms with Gasteiger partial charge in [-0.15, -0.1) is 0 Å². The Morgan fingerprint density at radius 3 is 2.15 bits per heavy atom. The number of hydrogen-bond acceptors (Lipinski definition) is 3. The van der Waals surface area contributed by atoms with E-state index in [2.05, 4.69) is 10.4 Å². The van der Waals surface area contributed by atoms with Crippen LogP contribution in [0.1, 0.15) is 32.9 Å². The first-order chi connectivity index (χ1) is 15.4. The highest BCUT2D eigenvalue weighted by atomic mass is 19.4. The molecule has 0 fully saturated rings. The van der Waals surface area contributed by atoms with Gasteiger partial charge in [0.2, 0.25) is 5.43 Å². The van der Waals surface area contributed by atoms with Gasteiger partial charge in [-0.3, -0.25) is 9.59 Å². The van der Waals surface area contributed by atoms with E-state index in [0.29, 0.717) is 0 Å². The van der Waals surface area contributed by atoms with Crippen LogP contribution in [0.15, 0.2) is 59.4 Å². The molecule has 0 saturated heterocycles. The van der Waals surface area contributed by atoms with Crippen LogP contribution in [0.3, 0.4) is 0 Å². The Morgan fingerprint density at radius 1 is 0.939 bits per heavy atom. The summed E-state index contributed by atoms with van der Waals surface area (Å²) in [6.45, 7) is 1.11. The lowest BCUT2D eigenvalue weighted by Gasteiger charge is -2.16. The summed E-state index contributed by atoms with van der Waals surface area (Å²) in [4.78, 5) is 24.7. The predicted molar refractivity (Wildman–Crippen MR) is 107 cm³/mol. The van der Waals surface area contributed by atoms with E-state index in [4.69, 9.17) is 0 Å². The number of alkyl halides is 6. The molecule has 0 unspecified atom stereocenters. The Bertz CT molecular complexity index is 1230. The minimum atomic E-state index is -4.71. The van der Waals surface area contributed by atoms with E-state index in [0.717, 1.165) is 28.9 Å². The molecule has 0 bridgehead atoms. The first-order valence-electron chi connectivity index (χ1n) is 9.60. The fourth-order valence-corrected chi connectivity index (χ4v) is 3.26. The van der Waals surface area contributed by atoms with Gasteiger partial charge in [-0.2, -0.15) is 31.4 Å². The highest BCUT2D eigenvalue weighted by Crippen LogP contribution is 2.34. The molecule has 3 rings (SSSR count). The Balaban J connectivity index is 1.86. The third-order valence-electron chi connectivity index (χ3n) is 4.76. The van der Waals surface area contributed by atoms with Crippen LogP contribution in [0.2, 0.25) is 0 Å². The number of benzene rings is 2. The normalized spacial score (nSPS) is 12.0. The van der Waals surface area contributed by atoms with E-state index in [1.165, 1.54) is 37.3 Å². The van der Waals surface area contributed by atoms with Crippen molar-refractivity contribution >= 4 is 5.91 Å². The summed E-state index contributed by atoms with van der Waals surface area (Å²) in [5.41, 5.74) is -3.75. The maximum atomic E-state index is 13.4. The monoisotopic (exact) mass is 469 g/mol. The highest BCUT2D eigenvalue weighted by molar-refractivity contribution is 5.92. The average Bonchev–Trinajstić information content (AvgIpc) is 2.73. The number of aryl methyl sites for hydroxylation is 1. The van der Waals surface area contributed by atoms with Gasteiger partial charge in [0.1, 0.15) is 0 Å². The van der Waals surface area contributed by atoms with Crippen LogP contribution in [0, 0.1) is 6.92 Å². The van der Waals surface area contributed by atoms with Gasteiger partial charge in [-0.05, 0) is 37.1 Å². The SMILES string of the molecule is Cc1cc(=O)c(C(=O)NCCc2ccccc2C(F)(F)F)nn1-c1ccccc1C(F)(F)F. The molecule has 0 aliphatic carbocycles. The summed E-state index contributed by atoms with van der Waals surface area (Å²) < 4.78 is 80.3. The van der Waals surface area contributed by atoms with Crippen molar-refractivity contribution in [2.75, 3.05) is 6.54 Å². The minimum absolute atomic E-state index is 0.0568. The summed E-state index contributed by atoms with van der Waals surface area (Å²) in [6.07, 6.45) is -9.46. The number of nitrogens with one attached hydrogen (secondary N) is 1. The maximum Gasteiger partial charge on any atom is 0.418 e. The number of aromatic nitrogens is 2. The van der Waals surface area contributed by atoms with E-state index in [-0.39, 0.29) is 29.9 Å². The number of carbonyl (C=O) groups excluding carboxylic acids is 1. The number of carbonyl (C=O) groups is 1. The molecule has 11 heteroatoms. The summed E-state index contributed by atoms with van der Waals surface area (Å²) in [5, 5.41) is 6.12. The van der Waals surface area contributed by atoms with Crippen molar-refractivity contribution in [3.8, 4) is 5.69 Å². The van der Waals surface area contributed by atoms with Crippen molar-refractivity contribution in [1.29, 1.82) is 0 Å². The van der Waals surface area contributed by atoms with Crippen LogP contribution in [-0.4, -0.2) is 22.2 Å². The molecule has 0 aliphatic heterocycles. The van der Waals surface area contributed by atoms with E-state index >= 15 is 0 Å². The van der Waals surface area contributed by atoms with Gasteiger partial charge in [0, 0.05) is 18.3 Å². The number of amides is 1. The second-order valence-electron chi connectivity index (χ2n) is 7.09. The van der Waals surface area contributed by atoms with Crippen LogP contribution in [0.4, 0.5) is 26.3 Å². The highest BCUT2D eigenvalue weighted by Gasteiger charge is 2.34. The van der Waals surface area contributed by atoms with Gasteiger partial charge in [0.25, 0.3) is 5.91 Å². The van der Waals surface area contributed by atoms with E-state index in [1.54, 1.807) is 0 Å². The van der Waals surface area contributed by atoms with Crippen molar-refractivity contribution in [2.24, 2.45) is 0 Å². The molecule has 1 heterocycles. The number of rotatable bonds is 5. The minimum Gasteiger partial charge on any atom is -0.350 e. The molecule has 174 valence electrons. The van der Waals surface area contributed by atoms with Crippen LogP contribution in [0.25, 0.3) is 5.69 Å². The number of hydrogen-bond donors (Lipinski definition) is 1. The Morgan fingerprint density at radius 2 is 1.52 bits per heavy atom. The molecule has 0 atom stereocenters. The third-order valence-corrected chi connectivity index (χ3v) is 4.76. The Labute approximate surface area is 183 Å². The van der Waals surface area contributed by atoms with Crippen molar-refractivity contribution in [3.63, 3.8) is 0 Å². The molecular formula is C22H17F6N3O2. The maximum absolute atomic E-state index is 13.4. The van der Waals surface area contributed by atoms with E-state index in [9.17, 15) is 35.9 Å². The largest absolute Gasteiger partial charge is 0.418 e. The van der Waals surface area contributed by atoms with Crippen molar-refractivity contribution in [1.82, 2.24) is 15.1 Å². The molecule has 1 aromatic heterocycles. The van der Waals surface area contributed by atoms with E-state index in [1.807, 2.05) is 0 Å². The topological polar surface area (TPSA) is 64.0 Å². The van der Waals surface area contributed by atoms with Crippen molar-refractivity contribution < 1.29 is 31.1 Å². The smallest absolute Gasteiger partial charge is 0.350 e. The average molecular weight is 469 g/mol. The zero-order valence-corrected chi connectivity index (χ0v) is 17.1. The van der Waals surface area contributed by atoms with Crippen LogP contribution < -0.4 is 10.7 Å². The summed E-state index contributed by atoms with van der Waals surface area (Å²) in [5.74, 6) is -1.01. The predicted octanol–water partition coefficient (Wildman–Crippen LogP) is 4.55. The van der Waals surface area contributed by atoms with Crippen molar-refractivity contribution in [2.45, 2.75) is 25.7 Å². The van der Waals surface area contributed by atoms with Crippen LogP contribution >= 0.6 is 0 Å². The molecule has 1 N–H and O–H groups in total. The molecule has 0 radical (unpaired) electrons. The fraction of sp³-hybridized carbons (Fsp3) is 0.227. The second-order valence-corrected chi connectivity index (χ2v) is 7.09. The summed E-state index contributed by atoms with van der Waals surface area (Å²) >= 11 is 0. The van der Waals surface area contributed by atoms with Crippen molar-refractivity contribution in [3.05, 3.63) is 92.9 Å². The quantitative estimate of drug-likeness (QED) is 0.558. The molecule has 0 saturated carbocycles. The summed E-state index contributed by atoms with van der Waals surface area (Å²) in [6, 6.07) is 10.3. The molecule has 0 spiro atoms. The Hall–Kier alpha value is -3.63. The van der Waals surface area contributed by atoms with Gasteiger partial charge in [0.05, 0.1) is 16.8 Å². The molecule has 2 aromatic carbocycles. The summed E-state index contributed by atoms with van der Waals surface area (Å²) in [7, 11) is 0. The fourth-order valence-electron chi connectivity index (χ4n) is 3.26. The molecular weight excluding hydrogens is 452 g/mol. The number of nitrogens with zero attached hydrogens (tertiary/aromatic N) is 2. The lowest BCUT2D eigenvalue weighted by molar-refractivity contribution is -0.138. The van der Waals surface area contributed by atoms with Gasteiger partial charge < -0.3 is 5.32 Å². The van der Waals surface area contributed by atoms with Crippen LogP contribution in [0.5, 0.6) is 0 Å². The molecule has 5 nitrogen and oxygen atoms in total. The number of halogens is 6. The first-order valence-corrected chi connectivity index (χ1v) is 9.60. The second kappa shape index (κ2) is 9.08. The lowest BCUT2D eigenvalue weighted by atomic mass is 10.0. The molecule has 1 amide bonds.